The zero-order valence-corrected chi connectivity index (χ0v) is 9.04. The van der Waals surface area contributed by atoms with E-state index in [-0.39, 0.29) is 0 Å². The Morgan fingerprint density at radius 3 is 3.08 bits per heavy atom. The standard InChI is InChI=1S/C9H10BrNS/c1-2-3-4-11-6-9-5-8(10)7-12-9/h1,5,7,11H,3-4,6H2. The van der Waals surface area contributed by atoms with E-state index in [0.29, 0.717) is 0 Å². The van der Waals surface area contributed by atoms with E-state index in [0.717, 1.165) is 24.0 Å². The number of hydrogen-bond acceptors (Lipinski definition) is 2. The molecule has 0 aliphatic carbocycles. The summed E-state index contributed by atoms with van der Waals surface area (Å²) in [6.07, 6.45) is 5.92. The van der Waals surface area contributed by atoms with Crippen LogP contribution in [-0.2, 0) is 6.54 Å². The summed E-state index contributed by atoms with van der Waals surface area (Å²) in [5.74, 6) is 2.59. The Balaban J connectivity index is 2.21. The normalized spacial score (nSPS) is 9.67. The molecule has 1 N–H and O–H groups in total. The van der Waals surface area contributed by atoms with Crippen molar-refractivity contribution in [3.05, 3.63) is 20.8 Å². The average molecular weight is 244 g/mol. The van der Waals surface area contributed by atoms with E-state index >= 15 is 0 Å². The molecule has 0 unspecified atom stereocenters. The Hall–Kier alpha value is -0.300. The third-order valence-electron chi connectivity index (χ3n) is 1.37. The van der Waals surface area contributed by atoms with Crippen LogP contribution >= 0.6 is 27.3 Å². The third kappa shape index (κ3) is 3.40. The van der Waals surface area contributed by atoms with Gasteiger partial charge < -0.3 is 5.32 Å². The molecule has 0 aliphatic heterocycles. The molecule has 64 valence electrons. The van der Waals surface area contributed by atoms with Gasteiger partial charge in [-0.25, -0.2) is 0 Å². The predicted octanol–water partition coefficient (Wildman–Crippen LogP) is 2.62. The van der Waals surface area contributed by atoms with Crippen molar-refractivity contribution in [3.63, 3.8) is 0 Å². The van der Waals surface area contributed by atoms with Gasteiger partial charge in [-0.3, -0.25) is 0 Å². The second-order valence-corrected chi connectivity index (χ2v) is 4.27. The van der Waals surface area contributed by atoms with E-state index in [9.17, 15) is 0 Å². The van der Waals surface area contributed by atoms with Crippen LogP contribution in [0.15, 0.2) is 15.9 Å². The van der Waals surface area contributed by atoms with Crippen molar-refractivity contribution >= 4 is 27.3 Å². The SMILES string of the molecule is C#CCCNCc1cc(Br)cs1. The van der Waals surface area contributed by atoms with Crippen molar-refractivity contribution in [1.29, 1.82) is 0 Å². The van der Waals surface area contributed by atoms with Crippen LogP contribution < -0.4 is 5.32 Å². The van der Waals surface area contributed by atoms with Crippen LogP contribution in [0, 0.1) is 12.3 Å². The Bertz CT molecular complexity index is 274. The molecule has 0 fully saturated rings. The molecule has 0 saturated carbocycles. The molecule has 0 spiro atoms. The molecule has 1 nitrogen and oxygen atoms in total. The first-order valence-corrected chi connectivity index (χ1v) is 5.37. The van der Waals surface area contributed by atoms with Crippen LogP contribution in [-0.4, -0.2) is 6.54 Å². The van der Waals surface area contributed by atoms with Gasteiger partial charge >= 0.3 is 0 Å². The van der Waals surface area contributed by atoms with Crippen molar-refractivity contribution in [3.8, 4) is 12.3 Å². The van der Waals surface area contributed by atoms with Crippen molar-refractivity contribution in [2.75, 3.05) is 6.54 Å². The molecule has 0 atom stereocenters. The predicted molar refractivity (Wildman–Crippen MR) is 57.2 cm³/mol. The third-order valence-corrected chi connectivity index (χ3v) is 3.06. The van der Waals surface area contributed by atoms with E-state index in [1.165, 1.54) is 4.88 Å². The lowest BCUT2D eigenvalue weighted by atomic mass is 10.4. The van der Waals surface area contributed by atoms with E-state index in [4.69, 9.17) is 6.42 Å². The van der Waals surface area contributed by atoms with Gasteiger partial charge in [0.1, 0.15) is 0 Å². The number of terminal acetylenes is 1. The molecule has 0 aromatic carbocycles. The summed E-state index contributed by atoms with van der Waals surface area (Å²) in [7, 11) is 0. The first-order valence-electron chi connectivity index (χ1n) is 3.70. The number of rotatable bonds is 4. The Labute approximate surface area is 85.3 Å². The molecule has 1 rings (SSSR count). The van der Waals surface area contributed by atoms with E-state index < -0.39 is 0 Å². The molecule has 1 heterocycles. The molecule has 1 aromatic heterocycles. The summed E-state index contributed by atoms with van der Waals surface area (Å²) in [6, 6.07) is 2.12. The number of nitrogens with one attached hydrogen (secondary N) is 1. The van der Waals surface area contributed by atoms with Gasteiger partial charge in [0.05, 0.1) is 0 Å². The summed E-state index contributed by atoms with van der Waals surface area (Å²) in [5, 5.41) is 5.34. The summed E-state index contributed by atoms with van der Waals surface area (Å²) in [5.41, 5.74) is 0. The van der Waals surface area contributed by atoms with Gasteiger partial charge in [0.25, 0.3) is 0 Å². The van der Waals surface area contributed by atoms with Gasteiger partial charge in [-0.2, -0.15) is 0 Å². The van der Waals surface area contributed by atoms with E-state index in [1.54, 1.807) is 11.3 Å². The van der Waals surface area contributed by atoms with Gasteiger partial charge in [-0.1, -0.05) is 0 Å². The van der Waals surface area contributed by atoms with Crippen molar-refractivity contribution < 1.29 is 0 Å². The fourth-order valence-corrected chi connectivity index (χ4v) is 2.24. The fourth-order valence-electron chi connectivity index (χ4n) is 0.819. The van der Waals surface area contributed by atoms with Crippen LogP contribution in [0.4, 0.5) is 0 Å². The van der Waals surface area contributed by atoms with Crippen LogP contribution in [0.5, 0.6) is 0 Å². The largest absolute Gasteiger partial charge is 0.311 e. The van der Waals surface area contributed by atoms with Gasteiger partial charge in [0.15, 0.2) is 0 Å². The maximum atomic E-state index is 5.12. The Kier molecular flexibility index (Phi) is 4.37. The number of hydrogen-bond donors (Lipinski definition) is 1. The highest BCUT2D eigenvalue weighted by molar-refractivity contribution is 9.10. The van der Waals surface area contributed by atoms with E-state index in [2.05, 4.69) is 38.6 Å². The van der Waals surface area contributed by atoms with Crippen molar-refractivity contribution in [2.45, 2.75) is 13.0 Å². The first kappa shape index (κ1) is 9.79. The first-order chi connectivity index (χ1) is 5.83. The van der Waals surface area contributed by atoms with Gasteiger partial charge in [0, 0.05) is 34.2 Å². The lowest BCUT2D eigenvalue weighted by molar-refractivity contribution is 0.709. The molecular formula is C9H10BrNS. The smallest absolute Gasteiger partial charge is 0.0300 e. The molecule has 0 bridgehead atoms. The van der Waals surface area contributed by atoms with Crippen molar-refractivity contribution in [1.82, 2.24) is 5.32 Å². The zero-order valence-electron chi connectivity index (χ0n) is 6.64. The summed E-state index contributed by atoms with van der Waals surface area (Å²) < 4.78 is 1.15. The molecule has 12 heavy (non-hydrogen) atoms. The van der Waals surface area contributed by atoms with Gasteiger partial charge in [-0.05, 0) is 22.0 Å². The topological polar surface area (TPSA) is 12.0 Å². The summed E-state index contributed by atoms with van der Waals surface area (Å²) >= 11 is 5.15. The highest BCUT2D eigenvalue weighted by Gasteiger charge is 1.95. The maximum Gasteiger partial charge on any atom is 0.0300 e. The molecule has 3 heteroatoms. The number of halogens is 1. The quantitative estimate of drug-likeness (QED) is 0.634. The molecule has 0 amide bonds. The van der Waals surface area contributed by atoms with Gasteiger partial charge in [0.2, 0.25) is 0 Å². The zero-order chi connectivity index (χ0) is 8.81. The second-order valence-electron chi connectivity index (χ2n) is 2.36. The van der Waals surface area contributed by atoms with E-state index in [1.807, 2.05) is 0 Å². The molecule has 0 saturated heterocycles. The monoisotopic (exact) mass is 243 g/mol. The van der Waals surface area contributed by atoms with Crippen LogP contribution in [0.1, 0.15) is 11.3 Å². The lowest BCUT2D eigenvalue weighted by Crippen LogP contribution is -2.12. The van der Waals surface area contributed by atoms with Crippen molar-refractivity contribution in [2.24, 2.45) is 0 Å². The fraction of sp³-hybridized carbons (Fsp3) is 0.333. The molecule has 1 aromatic rings. The van der Waals surface area contributed by atoms with Gasteiger partial charge in [-0.15, -0.1) is 23.7 Å². The maximum absolute atomic E-state index is 5.12. The highest BCUT2D eigenvalue weighted by atomic mass is 79.9. The minimum atomic E-state index is 0.798. The molecule has 0 aliphatic rings. The number of thiophene rings is 1. The minimum absolute atomic E-state index is 0.798. The minimum Gasteiger partial charge on any atom is -0.311 e. The van der Waals surface area contributed by atoms with Crippen LogP contribution in [0.25, 0.3) is 0 Å². The molecule has 0 radical (unpaired) electrons. The Morgan fingerprint density at radius 1 is 1.67 bits per heavy atom. The Morgan fingerprint density at radius 2 is 2.50 bits per heavy atom. The van der Waals surface area contributed by atoms with Crippen LogP contribution in [0.3, 0.4) is 0 Å². The summed E-state index contributed by atoms with van der Waals surface area (Å²) in [4.78, 5) is 1.33. The summed E-state index contributed by atoms with van der Waals surface area (Å²) in [6.45, 7) is 1.81. The average Bonchev–Trinajstić information content (AvgIpc) is 2.45. The van der Waals surface area contributed by atoms with Crippen LogP contribution in [0.2, 0.25) is 0 Å². The lowest BCUT2D eigenvalue weighted by Gasteiger charge is -1.97. The second kappa shape index (κ2) is 5.36. The highest BCUT2D eigenvalue weighted by Crippen LogP contribution is 2.19. The molecular weight excluding hydrogens is 234 g/mol.